The van der Waals surface area contributed by atoms with E-state index in [9.17, 15) is 4.79 Å². The third-order valence-electron chi connectivity index (χ3n) is 2.13. The second-order valence-electron chi connectivity index (χ2n) is 3.82. The lowest BCUT2D eigenvalue weighted by Gasteiger charge is -2.12. The fourth-order valence-electron chi connectivity index (χ4n) is 1.14. The molecule has 0 bridgehead atoms. The molecule has 1 aromatic rings. The SMILES string of the molecule is CN(C)C(=S)SCC(=O)NCc1ccccc1Cl. The van der Waals surface area contributed by atoms with Crippen LogP contribution in [-0.4, -0.2) is 35.0 Å². The summed E-state index contributed by atoms with van der Waals surface area (Å²) >= 11 is 12.4. The van der Waals surface area contributed by atoms with Gasteiger partial charge >= 0.3 is 0 Å². The summed E-state index contributed by atoms with van der Waals surface area (Å²) in [6.45, 7) is 0.438. The fraction of sp³-hybridized carbons (Fsp3) is 0.333. The van der Waals surface area contributed by atoms with Crippen molar-refractivity contribution in [3.63, 3.8) is 0 Å². The average Bonchev–Trinajstić information content (AvgIpc) is 2.34. The number of hydrogen-bond acceptors (Lipinski definition) is 3. The highest BCUT2D eigenvalue weighted by molar-refractivity contribution is 8.23. The van der Waals surface area contributed by atoms with Crippen LogP contribution in [0.2, 0.25) is 5.02 Å². The minimum atomic E-state index is -0.0517. The van der Waals surface area contributed by atoms with Crippen molar-refractivity contribution >= 4 is 45.8 Å². The van der Waals surface area contributed by atoms with E-state index in [1.165, 1.54) is 11.8 Å². The highest BCUT2D eigenvalue weighted by Gasteiger charge is 2.06. The molecule has 0 atom stereocenters. The molecule has 98 valence electrons. The molecular weight excluding hydrogens is 288 g/mol. The van der Waals surface area contributed by atoms with Gasteiger partial charge in [-0.25, -0.2) is 0 Å². The molecule has 18 heavy (non-hydrogen) atoms. The Morgan fingerprint density at radius 3 is 2.72 bits per heavy atom. The van der Waals surface area contributed by atoms with Gasteiger partial charge in [-0.05, 0) is 11.6 Å². The number of amides is 1. The number of thiocarbonyl (C=S) groups is 1. The summed E-state index contributed by atoms with van der Waals surface area (Å²) in [5.74, 6) is 0.269. The molecule has 0 fully saturated rings. The van der Waals surface area contributed by atoms with Crippen LogP contribution in [0.5, 0.6) is 0 Å². The van der Waals surface area contributed by atoms with Crippen LogP contribution >= 0.6 is 35.6 Å². The van der Waals surface area contributed by atoms with Crippen LogP contribution < -0.4 is 5.32 Å². The Morgan fingerprint density at radius 1 is 1.44 bits per heavy atom. The van der Waals surface area contributed by atoms with Gasteiger partial charge in [0.15, 0.2) is 0 Å². The van der Waals surface area contributed by atoms with Gasteiger partial charge in [-0.15, -0.1) is 0 Å². The lowest BCUT2D eigenvalue weighted by Crippen LogP contribution is -2.26. The number of halogens is 1. The van der Waals surface area contributed by atoms with Crippen LogP contribution in [-0.2, 0) is 11.3 Å². The molecule has 1 aromatic carbocycles. The van der Waals surface area contributed by atoms with E-state index in [1.807, 2.05) is 32.3 Å². The molecular formula is C12H15ClN2OS2. The Hall–Kier alpha value is -0.780. The van der Waals surface area contributed by atoms with Crippen molar-refractivity contribution in [2.24, 2.45) is 0 Å². The highest BCUT2D eigenvalue weighted by atomic mass is 35.5. The van der Waals surface area contributed by atoms with Gasteiger partial charge in [0.2, 0.25) is 5.91 Å². The molecule has 0 aliphatic carbocycles. The average molecular weight is 303 g/mol. The molecule has 0 aliphatic rings. The van der Waals surface area contributed by atoms with Gasteiger partial charge in [0.1, 0.15) is 4.32 Å². The second kappa shape index (κ2) is 7.61. The number of carbonyl (C=O) groups is 1. The Balaban J connectivity index is 2.34. The predicted octanol–water partition coefficient (Wildman–Crippen LogP) is 2.54. The highest BCUT2D eigenvalue weighted by Crippen LogP contribution is 2.14. The zero-order valence-electron chi connectivity index (χ0n) is 10.3. The molecule has 0 heterocycles. The zero-order valence-corrected chi connectivity index (χ0v) is 12.7. The van der Waals surface area contributed by atoms with Gasteiger partial charge < -0.3 is 10.2 Å². The van der Waals surface area contributed by atoms with E-state index in [0.717, 1.165) is 5.56 Å². The Kier molecular flexibility index (Phi) is 6.46. The molecule has 0 saturated carbocycles. The summed E-state index contributed by atoms with van der Waals surface area (Å²) in [4.78, 5) is 13.4. The monoisotopic (exact) mass is 302 g/mol. The van der Waals surface area contributed by atoms with E-state index >= 15 is 0 Å². The van der Waals surface area contributed by atoms with Crippen molar-refractivity contribution < 1.29 is 4.79 Å². The summed E-state index contributed by atoms with van der Waals surface area (Å²) < 4.78 is 0.697. The van der Waals surface area contributed by atoms with Gasteiger partial charge in [-0.2, -0.15) is 0 Å². The molecule has 6 heteroatoms. The Morgan fingerprint density at radius 2 is 2.11 bits per heavy atom. The van der Waals surface area contributed by atoms with Gasteiger partial charge in [0.05, 0.1) is 5.75 Å². The van der Waals surface area contributed by atoms with Crippen molar-refractivity contribution in [1.29, 1.82) is 0 Å². The van der Waals surface area contributed by atoms with Crippen LogP contribution in [0, 0.1) is 0 Å². The van der Waals surface area contributed by atoms with Gasteiger partial charge in [-0.1, -0.05) is 53.8 Å². The largest absolute Gasteiger partial charge is 0.364 e. The normalized spacial score (nSPS) is 9.94. The minimum absolute atomic E-state index is 0.0517. The minimum Gasteiger partial charge on any atom is -0.364 e. The Labute approximate surface area is 122 Å². The number of rotatable bonds is 4. The van der Waals surface area contributed by atoms with Crippen LogP contribution in [0.4, 0.5) is 0 Å². The number of nitrogens with zero attached hydrogens (tertiary/aromatic N) is 1. The van der Waals surface area contributed by atoms with E-state index in [1.54, 1.807) is 11.0 Å². The molecule has 0 saturated heterocycles. The van der Waals surface area contributed by atoms with Crippen molar-refractivity contribution in [3.8, 4) is 0 Å². The van der Waals surface area contributed by atoms with Crippen molar-refractivity contribution in [2.75, 3.05) is 19.8 Å². The van der Waals surface area contributed by atoms with Crippen molar-refractivity contribution in [1.82, 2.24) is 10.2 Å². The molecule has 0 aliphatic heterocycles. The topological polar surface area (TPSA) is 32.3 Å². The first-order valence-electron chi connectivity index (χ1n) is 5.35. The summed E-state index contributed by atoms with van der Waals surface area (Å²) in [6, 6.07) is 7.45. The zero-order chi connectivity index (χ0) is 13.5. The molecule has 0 spiro atoms. The summed E-state index contributed by atoms with van der Waals surface area (Å²) in [5, 5.41) is 3.47. The van der Waals surface area contributed by atoms with E-state index in [0.29, 0.717) is 21.6 Å². The quantitative estimate of drug-likeness (QED) is 0.866. The molecule has 1 rings (SSSR count). The van der Waals surface area contributed by atoms with Crippen molar-refractivity contribution in [2.45, 2.75) is 6.54 Å². The number of thioether (sulfide) groups is 1. The number of hydrogen-bond donors (Lipinski definition) is 1. The van der Waals surface area contributed by atoms with Gasteiger partial charge in [-0.3, -0.25) is 4.79 Å². The van der Waals surface area contributed by atoms with Gasteiger partial charge in [0, 0.05) is 25.7 Å². The predicted molar refractivity (Wildman–Crippen MR) is 82.0 cm³/mol. The summed E-state index contributed by atoms with van der Waals surface area (Å²) in [5.41, 5.74) is 0.910. The molecule has 0 unspecified atom stereocenters. The lowest BCUT2D eigenvalue weighted by molar-refractivity contribution is -0.118. The first-order valence-corrected chi connectivity index (χ1v) is 7.12. The maximum absolute atomic E-state index is 11.6. The van der Waals surface area contributed by atoms with Crippen LogP contribution in [0.3, 0.4) is 0 Å². The smallest absolute Gasteiger partial charge is 0.230 e. The summed E-state index contributed by atoms with van der Waals surface area (Å²) in [6.07, 6.45) is 0. The van der Waals surface area contributed by atoms with E-state index < -0.39 is 0 Å². The summed E-state index contributed by atoms with van der Waals surface area (Å²) in [7, 11) is 3.72. The second-order valence-corrected chi connectivity index (χ2v) is 5.83. The molecule has 3 nitrogen and oxygen atoms in total. The van der Waals surface area contributed by atoms with E-state index in [2.05, 4.69) is 5.32 Å². The van der Waals surface area contributed by atoms with Gasteiger partial charge in [0.25, 0.3) is 0 Å². The number of nitrogens with one attached hydrogen (secondary N) is 1. The molecule has 1 amide bonds. The molecule has 0 aromatic heterocycles. The fourth-order valence-corrected chi connectivity index (χ4v) is 2.14. The Bertz CT molecular complexity index is 438. The third-order valence-corrected chi connectivity index (χ3v) is 4.23. The number of benzene rings is 1. The lowest BCUT2D eigenvalue weighted by atomic mass is 10.2. The van der Waals surface area contributed by atoms with Crippen LogP contribution in [0.1, 0.15) is 5.56 Å². The molecule has 0 radical (unpaired) electrons. The van der Waals surface area contributed by atoms with Crippen LogP contribution in [0.15, 0.2) is 24.3 Å². The first kappa shape index (κ1) is 15.3. The van der Waals surface area contributed by atoms with Crippen LogP contribution in [0.25, 0.3) is 0 Å². The molecule has 1 N–H and O–H groups in total. The van der Waals surface area contributed by atoms with Crippen molar-refractivity contribution in [3.05, 3.63) is 34.9 Å². The maximum atomic E-state index is 11.6. The maximum Gasteiger partial charge on any atom is 0.230 e. The third kappa shape index (κ3) is 5.25. The van der Waals surface area contributed by atoms with E-state index in [4.69, 9.17) is 23.8 Å². The van der Waals surface area contributed by atoms with E-state index in [-0.39, 0.29) is 5.91 Å². The number of carbonyl (C=O) groups excluding carboxylic acids is 1. The standard InChI is InChI=1S/C12H15ClN2OS2/c1-15(2)12(17)18-8-11(16)14-7-9-5-3-4-6-10(9)13/h3-6H,7-8H2,1-2H3,(H,14,16). The first-order chi connectivity index (χ1) is 8.50.